The molecule has 29 heavy (non-hydrogen) atoms. The van der Waals surface area contributed by atoms with Gasteiger partial charge >= 0.3 is 0 Å². The minimum absolute atomic E-state index is 0.00391. The molecule has 0 radical (unpaired) electrons. The van der Waals surface area contributed by atoms with Crippen LogP contribution >= 0.6 is 0 Å². The summed E-state index contributed by atoms with van der Waals surface area (Å²) < 4.78 is 11.1. The fourth-order valence-electron chi connectivity index (χ4n) is 3.68. The highest BCUT2D eigenvalue weighted by Crippen LogP contribution is 2.32. The second-order valence-corrected chi connectivity index (χ2v) is 7.44. The number of carbonyl (C=O) groups excluding carboxylic acids is 2. The third kappa shape index (κ3) is 4.79. The van der Waals surface area contributed by atoms with E-state index in [0.717, 1.165) is 18.4 Å². The second kappa shape index (κ2) is 9.13. The van der Waals surface area contributed by atoms with Crippen molar-refractivity contribution in [3.63, 3.8) is 0 Å². The number of hydrogen-bond acceptors (Lipinski definition) is 5. The molecule has 3 rings (SSSR count). The van der Waals surface area contributed by atoms with Gasteiger partial charge < -0.3 is 24.9 Å². The molecular weight excluding hydrogens is 372 g/mol. The highest BCUT2D eigenvalue weighted by atomic mass is 16.5. The van der Waals surface area contributed by atoms with Crippen LogP contribution in [-0.2, 0) is 0 Å². The van der Waals surface area contributed by atoms with Crippen LogP contribution in [0.4, 0.5) is 0 Å². The van der Waals surface area contributed by atoms with Gasteiger partial charge in [0.1, 0.15) is 11.5 Å². The quantitative estimate of drug-likeness (QED) is 0.692. The average molecular weight is 400 g/mol. The van der Waals surface area contributed by atoms with Crippen LogP contribution in [0.5, 0.6) is 5.75 Å². The lowest BCUT2D eigenvalue weighted by atomic mass is 9.92. The number of benzene rings is 1. The molecule has 1 aliphatic rings. The third-order valence-electron chi connectivity index (χ3n) is 5.48. The second-order valence-electron chi connectivity index (χ2n) is 7.44. The van der Waals surface area contributed by atoms with Gasteiger partial charge in [-0.05, 0) is 43.4 Å². The topological polar surface area (TPSA) is 101 Å². The zero-order valence-corrected chi connectivity index (χ0v) is 17.0. The Bertz CT molecular complexity index is 868. The Morgan fingerprint density at radius 1 is 1.17 bits per heavy atom. The lowest BCUT2D eigenvalue weighted by molar-refractivity contribution is 0.0864. The van der Waals surface area contributed by atoms with Gasteiger partial charge in [-0.15, -0.1) is 0 Å². The van der Waals surface area contributed by atoms with E-state index in [9.17, 15) is 14.7 Å². The van der Waals surface area contributed by atoms with E-state index in [1.807, 2.05) is 31.2 Å². The van der Waals surface area contributed by atoms with Crippen molar-refractivity contribution in [1.82, 2.24) is 10.6 Å². The van der Waals surface area contributed by atoms with Crippen LogP contribution in [-0.4, -0.2) is 43.2 Å². The van der Waals surface area contributed by atoms with E-state index in [0.29, 0.717) is 29.9 Å². The fourth-order valence-corrected chi connectivity index (χ4v) is 3.68. The Kier molecular flexibility index (Phi) is 6.59. The van der Waals surface area contributed by atoms with Crippen molar-refractivity contribution in [1.29, 1.82) is 0 Å². The minimum atomic E-state index is -0.385. The Hall–Kier alpha value is -2.80. The minimum Gasteiger partial charge on any atom is -0.497 e. The molecule has 0 bridgehead atoms. The van der Waals surface area contributed by atoms with E-state index in [4.69, 9.17) is 9.15 Å². The molecule has 1 fully saturated rings. The number of rotatable bonds is 6. The summed E-state index contributed by atoms with van der Waals surface area (Å²) in [5.41, 5.74) is 1.27. The summed E-state index contributed by atoms with van der Waals surface area (Å²) in [4.78, 5) is 25.1. The Balaban J connectivity index is 1.89. The highest BCUT2D eigenvalue weighted by molar-refractivity contribution is 5.99. The molecular formula is C22H28N2O5. The van der Waals surface area contributed by atoms with Gasteiger partial charge in [0.05, 0.1) is 18.8 Å². The largest absolute Gasteiger partial charge is 0.497 e. The Labute approximate surface area is 170 Å². The van der Waals surface area contributed by atoms with Crippen LogP contribution in [0.25, 0.3) is 0 Å². The molecule has 3 N–H and O–H groups in total. The van der Waals surface area contributed by atoms with Gasteiger partial charge in [-0.3, -0.25) is 9.59 Å². The zero-order chi connectivity index (χ0) is 21.0. The molecule has 1 aromatic carbocycles. The van der Waals surface area contributed by atoms with Gasteiger partial charge in [0.25, 0.3) is 11.8 Å². The van der Waals surface area contributed by atoms with Crippen molar-refractivity contribution in [3.8, 4) is 5.75 Å². The first-order chi connectivity index (χ1) is 13.9. The van der Waals surface area contributed by atoms with E-state index in [2.05, 4.69) is 10.6 Å². The Morgan fingerprint density at radius 3 is 2.55 bits per heavy atom. The van der Waals surface area contributed by atoms with E-state index in [1.54, 1.807) is 7.11 Å². The first-order valence-corrected chi connectivity index (χ1v) is 9.91. The van der Waals surface area contributed by atoms with E-state index < -0.39 is 0 Å². The van der Waals surface area contributed by atoms with E-state index in [-0.39, 0.29) is 35.6 Å². The SMILES string of the molecule is CNC(=O)c1cc(C(=O)NC2CCC(O)CC2)c(C(C)c2cccc(OC)c2)o1. The maximum absolute atomic E-state index is 13.0. The van der Waals surface area contributed by atoms with Crippen molar-refractivity contribution in [2.75, 3.05) is 14.2 Å². The summed E-state index contributed by atoms with van der Waals surface area (Å²) in [6, 6.07) is 9.04. The molecule has 0 aliphatic heterocycles. The first kappa shape index (κ1) is 20.9. The van der Waals surface area contributed by atoms with Crippen molar-refractivity contribution in [2.24, 2.45) is 0 Å². The summed E-state index contributed by atoms with van der Waals surface area (Å²) in [7, 11) is 3.11. The molecule has 1 heterocycles. The third-order valence-corrected chi connectivity index (χ3v) is 5.48. The number of methoxy groups -OCH3 is 1. The molecule has 1 unspecified atom stereocenters. The highest BCUT2D eigenvalue weighted by Gasteiger charge is 2.28. The van der Waals surface area contributed by atoms with Crippen LogP contribution in [0.1, 0.15) is 70.8 Å². The summed E-state index contributed by atoms with van der Waals surface area (Å²) in [6.07, 6.45) is 2.52. The fraction of sp³-hybridized carbons (Fsp3) is 0.455. The zero-order valence-electron chi connectivity index (χ0n) is 17.0. The number of nitrogens with one attached hydrogen (secondary N) is 2. The molecule has 7 nitrogen and oxygen atoms in total. The van der Waals surface area contributed by atoms with Gasteiger partial charge in [0.2, 0.25) is 0 Å². The number of carbonyl (C=O) groups is 2. The summed E-state index contributed by atoms with van der Waals surface area (Å²) >= 11 is 0. The van der Waals surface area contributed by atoms with Gasteiger partial charge in [0, 0.05) is 25.1 Å². The van der Waals surface area contributed by atoms with Crippen molar-refractivity contribution in [2.45, 2.75) is 50.7 Å². The van der Waals surface area contributed by atoms with Gasteiger partial charge in [-0.2, -0.15) is 0 Å². The number of amides is 2. The summed E-state index contributed by atoms with van der Waals surface area (Å²) in [5, 5.41) is 15.2. The smallest absolute Gasteiger partial charge is 0.286 e. The predicted molar refractivity (Wildman–Crippen MR) is 108 cm³/mol. The van der Waals surface area contributed by atoms with Crippen molar-refractivity contribution >= 4 is 11.8 Å². The summed E-state index contributed by atoms with van der Waals surface area (Å²) in [5.74, 6) is 0.335. The number of aliphatic hydroxyl groups excluding tert-OH is 1. The number of hydrogen-bond donors (Lipinski definition) is 3. The molecule has 1 aliphatic carbocycles. The number of aliphatic hydroxyl groups is 1. The molecule has 1 aromatic heterocycles. The van der Waals surface area contributed by atoms with Crippen LogP contribution in [0.2, 0.25) is 0 Å². The first-order valence-electron chi connectivity index (χ1n) is 9.91. The lowest BCUT2D eigenvalue weighted by Crippen LogP contribution is -2.38. The van der Waals surface area contributed by atoms with Crippen LogP contribution in [0, 0.1) is 0 Å². The normalized spacial score (nSPS) is 20.0. The van der Waals surface area contributed by atoms with E-state index >= 15 is 0 Å². The monoisotopic (exact) mass is 400 g/mol. The molecule has 7 heteroatoms. The van der Waals surface area contributed by atoms with Crippen molar-refractivity contribution in [3.05, 3.63) is 53.0 Å². The maximum atomic E-state index is 13.0. The van der Waals surface area contributed by atoms with Crippen LogP contribution in [0.15, 0.2) is 34.7 Å². The van der Waals surface area contributed by atoms with Crippen molar-refractivity contribution < 1.29 is 23.8 Å². The molecule has 0 saturated heterocycles. The molecule has 1 saturated carbocycles. The average Bonchev–Trinajstić information content (AvgIpc) is 3.20. The molecule has 156 valence electrons. The molecule has 2 aromatic rings. The lowest BCUT2D eigenvalue weighted by Gasteiger charge is -2.26. The number of furan rings is 1. The molecule has 0 spiro atoms. The van der Waals surface area contributed by atoms with Gasteiger partial charge in [-0.1, -0.05) is 19.1 Å². The maximum Gasteiger partial charge on any atom is 0.286 e. The number of ether oxygens (including phenoxy) is 1. The standard InChI is InChI=1S/C22H28N2O5/c1-13(14-5-4-6-17(11-14)28-3)20-18(12-19(29-20)22(27)23-2)21(26)24-15-7-9-16(25)10-8-15/h4-6,11-13,15-16,25H,7-10H2,1-3H3,(H,23,27)(H,24,26). The van der Waals surface area contributed by atoms with Crippen LogP contribution in [0.3, 0.4) is 0 Å². The van der Waals surface area contributed by atoms with Gasteiger partial charge in [-0.25, -0.2) is 0 Å². The van der Waals surface area contributed by atoms with E-state index in [1.165, 1.54) is 13.1 Å². The van der Waals surface area contributed by atoms with Gasteiger partial charge in [0.15, 0.2) is 5.76 Å². The predicted octanol–water partition coefficient (Wildman–Crippen LogP) is 2.83. The summed E-state index contributed by atoms with van der Waals surface area (Å²) in [6.45, 7) is 1.93. The molecule has 2 amide bonds. The van der Waals surface area contributed by atoms with Crippen LogP contribution < -0.4 is 15.4 Å². The Morgan fingerprint density at radius 2 is 1.90 bits per heavy atom. The molecule has 1 atom stereocenters.